The molecular weight excluding hydrogens is 352 g/mol. The van der Waals surface area contributed by atoms with E-state index < -0.39 is 12.1 Å². The fourth-order valence-corrected chi connectivity index (χ4v) is 4.38. The zero-order chi connectivity index (χ0) is 20.4. The number of Topliss-reactive ketones (excluding diaryl/α,β-unsaturated/α-hetero) is 1. The average Bonchev–Trinajstić information content (AvgIpc) is 3.05. The average molecular weight is 389 g/mol. The Kier molecular flexibility index (Phi) is 9.69. The molecule has 1 saturated carbocycles. The molecule has 0 heterocycles. The zero-order valence-electron chi connectivity index (χ0n) is 17.2. The molecule has 0 aromatic heterocycles. The highest BCUT2D eigenvalue weighted by atomic mass is 16.4. The predicted molar refractivity (Wildman–Crippen MR) is 111 cm³/mol. The van der Waals surface area contributed by atoms with Gasteiger partial charge >= 0.3 is 5.97 Å². The van der Waals surface area contributed by atoms with Crippen molar-refractivity contribution in [2.75, 3.05) is 0 Å². The molecular formula is C24H36O4. The summed E-state index contributed by atoms with van der Waals surface area (Å²) in [6.07, 6.45) is 10.1. The monoisotopic (exact) mass is 388 g/mol. The summed E-state index contributed by atoms with van der Waals surface area (Å²) in [6, 6.07) is 8.25. The van der Waals surface area contributed by atoms with Crippen LogP contribution in [0.4, 0.5) is 0 Å². The molecule has 0 amide bonds. The summed E-state index contributed by atoms with van der Waals surface area (Å²) in [4.78, 5) is 22.9. The molecule has 4 heteroatoms. The van der Waals surface area contributed by atoms with Gasteiger partial charge in [-0.05, 0) is 42.7 Å². The van der Waals surface area contributed by atoms with Gasteiger partial charge in [-0.2, -0.15) is 0 Å². The highest BCUT2D eigenvalue weighted by Crippen LogP contribution is 2.40. The van der Waals surface area contributed by atoms with Gasteiger partial charge in [0.15, 0.2) is 0 Å². The fraction of sp³-hybridized carbons (Fsp3) is 0.667. The van der Waals surface area contributed by atoms with Gasteiger partial charge in [0.05, 0.1) is 6.10 Å². The Hall–Kier alpha value is -1.68. The minimum absolute atomic E-state index is 0.0970. The Morgan fingerprint density at radius 2 is 1.79 bits per heavy atom. The van der Waals surface area contributed by atoms with Crippen molar-refractivity contribution in [3.8, 4) is 0 Å². The molecule has 1 fully saturated rings. The van der Waals surface area contributed by atoms with Gasteiger partial charge in [0.25, 0.3) is 0 Å². The molecule has 2 rings (SSSR count). The van der Waals surface area contributed by atoms with Crippen LogP contribution in [0.3, 0.4) is 0 Å². The lowest BCUT2D eigenvalue weighted by Gasteiger charge is -2.20. The molecule has 156 valence electrons. The Morgan fingerprint density at radius 1 is 1.07 bits per heavy atom. The number of hydrogen-bond acceptors (Lipinski definition) is 3. The van der Waals surface area contributed by atoms with Gasteiger partial charge in [-0.3, -0.25) is 9.59 Å². The molecule has 1 aromatic carbocycles. The Labute approximate surface area is 169 Å². The van der Waals surface area contributed by atoms with E-state index in [2.05, 4.69) is 19.1 Å². The smallest absolute Gasteiger partial charge is 0.303 e. The second-order valence-corrected chi connectivity index (χ2v) is 8.24. The van der Waals surface area contributed by atoms with Gasteiger partial charge < -0.3 is 10.2 Å². The number of carbonyl (C=O) groups excluding carboxylic acids is 1. The normalized spacial score (nSPS) is 20.4. The largest absolute Gasteiger partial charge is 0.481 e. The number of benzene rings is 1. The van der Waals surface area contributed by atoms with Crippen LogP contribution in [-0.2, 0) is 9.59 Å². The Morgan fingerprint density at radius 3 is 2.46 bits per heavy atom. The van der Waals surface area contributed by atoms with Crippen molar-refractivity contribution < 1.29 is 19.8 Å². The van der Waals surface area contributed by atoms with Crippen LogP contribution in [0.15, 0.2) is 24.3 Å². The van der Waals surface area contributed by atoms with E-state index in [9.17, 15) is 14.7 Å². The van der Waals surface area contributed by atoms with Crippen molar-refractivity contribution in [2.24, 2.45) is 5.92 Å². The maximum atomic E-state index is 12.4. The number of hydrogen-bond donors (Lipinski definition) is 2. The van der Waals surface area contributed by atoms with E-state index in [4.69, 9.17) is 5.11 Å². The summed E-state index contributed by atoms with van der Waals surface area (Å²) in [6.45, 7) is 2.16. The van der Waals surface area contributed by atoms with E-state index in [0.717, 1.165) is 69.8 Å². The van der Waals surface area contributed by atoms with Crippen LogP contribution in [0.25, 0.3) is 0 Å². The number of carboxylic acids is 1. The first-order valence-electron chi connectivity index (χ1n) is 11.0. The van der Waals surface area contributed by atoms with Crippen molar-refractivity contribution in [1.82, 2.24) is 0 Å². The summed E-state index contributed by atoms with van der Waals surface area (Å²) < 4.78 is 0. The standard InChI is InChI=1S/C24H36O4/c1-2-3-6-10-22(25)19-14-12-18(13-15-19)20-16-17-23(26)21(20)9-7-4-5-8-11-24(27)28/h12-15,20-22,25H,2-11,16-17H2,1H3,(H,27,28)/t20?,21-,22?/m1/s1. The van der Waals surface area contributed by atoms with Crippen molar-refractivity contribution in [2.45, 2.75) is 96.0 Å². The van der Waals surface area contributed by atoms with Crippen LogP contribution < -0.4 is 0 Å². The minimum atomic E-state index is -0.732. The van der Waals surface area contributed by atoms with E-state index in [1.807, 2.05) is 12.1 Å². The third-order valence-electron chi connectivity index (χ3n) is 6.09. The molecule has 1 aliphatic rings. The molecule has 0 saturated heterocycles. The molecule has 2 unspecified atom stereocenters. The maximum absolute atomic E-state index is 12.4. The van der Waals surface area contributed by atoms with Gasteiger partial charge in [0, 0.05) is 18.8 Å². The number of unbranched alkanes of at least 4 members (excludes halogenated alkanes) is 5. The third-order valence-corrected chi connectivity index (χ3v) is 6.09. The number of aliphatic hydroxyl groups is 1. The predicted octanol–water partition coefficient (Wildman–Crippen LogP) is 5.79. The second-order valence-electron chi connectivity index (χ2n) is 8.24. The van der Waals surface area contributed by atoms with Gasteiger partial charge in [-0.15, -0.1) is 0 Å². The molecule has 0 spiro atoms. The Bertz CT molecular complexity index is 608. The van der Waals surface area contributed by atoms with Crippen LogP contribution in [0.5, 0.6) is 0 Å². The first-order valence-corrected chi connectivity index (χ1v) is 11.0. The van der Waals surface area contributed by atoms with Gasteiger partial charge in [0.2, 0.25) is 0 Å². The zero-order valence-corrected chi connectivity index (χ0v) is 17.2. The van der Waals surface area contributed by atoms with Crippen molar-refractivity contribution in [1.29, 1.82) is 0 Å². The van der Waals surface area contributed by atoms with Crippen LogP contribution in [-0.4, -0.2) is 22.0 Å². The Balaban J connectivity index is 1.84. The quantitative estimate of drug-likeness (QED) is 0.420. The van der Waals surface area contributed by atoms with E-state index in [1.165, 1.54) is 5.56 Å². The number of aliphatic hydroxyl groups excluding tert-OH is 1. The molecule has 1 aromatic rings. The van der Waals surface area contributed by atoms with Crippen molar-refractivity contribution in [3.63, 3.8) is 0 Å². The lowest BCUT2D eigenvalue weighted by atomic mass is 9.84. The molecule has 0 radical (unpaired) electrons. The number of carbonyl (C=O) groups is 2. The van der Waals surface area contributed by atoms with E-state index in [0.29, 0.717) is 12.2 Å². The van der Waals surface area contributed by atoms with Gasteiger partial charge in [-0.25, -0.2) is 0 Å². The van der Waals surface area contributed by atoms with Crippen LogP contribution in [0, 0.1) is 5.92 Å². The van der Waals surface area contributed by atoms with Gasteiger partial charge in [0.1, 0.15) is 5.78 Å². The summed E-state index contributed by atoms with van der Waals surface area (Å²) >= 11 is 0. The molecule has 3 atom stereocenters. The number of carboxylic acid groups (broad SMARTS) is 1. The number of rotatable bonds is 13. The second kappa shape index (κ2) is 12.0. The van der Waals surface area contributed by atoms with Crippen LogP contribution >= 0.6 is 0 Å². The first kappa shape index (κ1) is 22.6. The number of ketones is 1. The molecule has 0 bridgehead atoms. The molecule has 0 aliphatic heterocycles. The van der Waals surface area contributed by atoms with Gasteiger partial charge in [-0.1, -0.05) is 69.7 Å². The lowest BCUT2D eigenvalue weighted by Crippen LogP contribution is -2.13. The third kappa shape index (κ3) is 7.05. The van der Waals surface area contributed by atoms with Crippen LogP contribution in [0.1, 0.15) is 107 Å². The number of aliphatic carboxylic acids is 1. The molecule has 4 nitrogen and oxygen atoms in total. The lowest BCUT2D eigenvalue weighted by molar-refractivity contribution is -0.137. The maximum Gasteiger partial charge on any atom is 0.303 e. The summed E-state index contributed by atoms with van der Waals surface area (Å²) in [5.74, 6) is 0.0294. The van der Waals surface area contributed by atoms with E-state index >= 15 is 0 Å². The first-order chi connectivity index (χ1) is 13.5. The summed E-state index contributed by atoms with van der Waals surface area (Å²) in [5.41, 5.74) is 2.19. The topological polar surface area (TPSA) is 74.6 Å². The summed E-state index contributed by atoms with van der Waals surface area (Å²) in [7, 11) is 0. The minimum Gasteiger partial charge on any atom is -0.481 e. The van der Waals surface area contributed by atoms with E-state index in [-0.39, 0.29) is 18.3 Å². The van der Waals surface area contributed by atoms with Crippen molar-refractivity contribution in [3.05, 3.63) is 35.4 Å². The molecule has 1 aliphatic carbocycles. The SMILES string of the molecule is CCCCCC(O)c1ccc(C2CCC(=O)[C@@H]2CCCCCCC(=O)O)cc1. The fourth-order valence-electron chi connectivity index (χ4n) is 4.38. The highest BCUT2D eigenvalue weighted by Gasteiger charge is 2.34. The molecule has 28 heavy (non-hydrogen) atoms. The highest BCUT2D eigenvalue weighted by molar-refractivity contribution is 5.84. The summed E-state index contributed by atoms with van der Waals surface area (Å²) in [5, 5.41) is 19.0. The van der Waals surface area contributed by atoms with Crippen LogP contribution in [0.2, 0.25) is 0 Å². The molecule has 2 N–H and O–H groups in total. The van der Waals surface area contributed by atoms with E-state index in [1.54, 1.807) is 0 Å². The van der Waals surface area contributed by atoms with Crippen molar-refractivity contribution >= 4 is 11.8 Å².